The number of nitro groups is 1. The first-order chi connectivity index (χ1) is 14.5. The molecular weight excluding hydrogens is 388 g/mol. The molecule has 0 aliphatic carbocycles. The molecule has 1 amide bonds. The highest BCUT2D eigenvalue weighted by atomic mass is 16.6. The summed E-state index contributed by atoms with van der Waals surface area (Å²) in [6.45, 7) is 3.45. The van der Waals surface area contributed by atoms with Gasteiger partial charge in [-0.3, -0.25) is 14.9 Å². The van der Waals surface area contributed by atoms with E-state index >= 15 is 0 Å². The van der Waals surface area contributed by atoms with E-state index in [0.717, 1.165) is 0 Å². The fourth-order valence-electron chi connectivity index (χ4n) is 2.71. The number of nitrogens with zero attached hydrogens (tertiary/aromatic N) is 2. The summed E-state index contributed by atoms with van der Waals surface area (Å²) in [7, 11) is 0. The molecule has 0 N–H and O–H groups in total. The summed E-state index contributed by atoms with van der Waals surface area (Å²) < 4.78 is 10.6. The Balaban J connectivity index is 1.64. The fourth-order valence-corrected chi connectivity index (χ4v) is 2.71. The van der Waals surface area contributed by atoms with Crippen molar-refractivity contribution in [3.8, 4) is 11.3 Å². The molecule has 0 fully saturated rings. The first-order valence-corrected chi connectivity index (χ1v) is 8.97. The number of nitro benzene ring substituents is 1. The van der Waals surface area contributed by atoms with Gasteiger partial charge in [-0.1, -0.05) is 24.3 Å². The third-order valence-corrected chi connectivity index (χ3v) is 4.18. The van der Waals surface area contributed by atoms with Crippen LogP contribution in [0.1, 0.15) is 10.6 Å². The van der Waals surface area contributed by atoms with Gasteiger partial charge >= 0.3 is 5.97 Å². The van der Waals surface area contributed by atoms with Crippen molar-refractivity contribution < 1.29 is 23.7 Å². The normalized spacial score (nSPS) is 10.3. The van der Waals surface area contributed by atoms with Crippen LogP contribution in [0.2, 0.25) is 0 Å². The second kappa shape index (κ2) is 9.33. The van der Waals surface area contributed by atoms with Crippen molar-refractivity contribution in [1.29, 1.82) is 0 Å². The zero-order valence-corrected chi connectivity index (χ0v) is 15.9. The number of amides is 1. The average Bonchev–Trinajstić information content (AvgIpc) is 3.26. The standard InChI is InChI=1S/C22H18N2O6/c1-2-14-23(17-6-4-3-5-7-17)21(25)15-29-22(26)20-13-12-19(30-20)16-8-10-18(11-9-16)24(27)28/h2-13H,1,14-15H2. The fraction of sp³-hybridized carbons (Fsp3) is 0.0909. The molecule has 8 heteroatoms. The highest BCUT2D eigenvalue weighted by Gasteiger charge is 2.19. The second-order valence-corrected chi connectivity index (χ2v) is 6.17. The predicted octanol–water partition coefficient (Wildman–Crippen LogP) is 4.23. The third-order valence-electron chi connectivity index (χ3n) is 4.18. The second-order valence-electron chi connectivity index (χ2n) is 6.17. The van der Waals surface area contributed by atoms with E-state index in [2.05, 4.69) is 6.58 Å². The van der Waals surface area contributed by atoms with E-state index in [1.54, 1.807) is 36.4 Å². The first kappa shape index (κ1) is 20.5. The number of hydrogen-bond donors (Lipinski definition) is 0. The Bertz CT molecular complexity index is 1060. The number of benzene rings is 2. The molecule has 2 aromatic carbocycles. The number of furan rings is 1. The Kier molecular flexibility index (Phi) is 6.39. The Morgan fingerprint density at radius 2 is 1.77 bits per heavy atom. The molecular formula is C22H18N2O6. The zero-order valence-electron chi connectivity index (χ0n) is 15.9. The van der Waals surface area contributed by atoms with Crippen molar-refractivity contribution in [2.75, 3.05) is 18.1 Å². The van der Waals surface area contributed by atoms with Crippen LogP contribution in [0.25, 0.3) is 11.3 Å². The molecule has 0 aliphatic rings. The molecule has 0 spiro atoms. The maximum absolute atomic E-state index is 12.5. The van der Waals surface area contributed by atoms with Crippen molar-refractivity contribution in [3.05, 3.63) is 95.3 Å². The summed E-state index contributed by atoms with van der Waals surface area (Å²) in [5.41, 5.74) is 1.18. The summed E-state index contributed by atoms with van der Waals surface area (Å²) in [5.74, 6) is -0.924. The molecule has 0 saturated carbocycles. The zero-order chi connectivity index (χ0) is 21.5. The number of carbonyl (C=O) groups is 2. The van der Waals surface area contributed by atoms with Crippen molar-refractivity contribution in [3.63, 3.8) is 0 Å². The molecule has 0 saturated heterocycles. The first-order valence-electron chi connectivity index (χ1n) is 8.97. The van der Waals surface area contributed by atoms with Crippen LogP contribution < -0.4 is 4.90 Å². The highest BCUT2D eigenvalue weighted by Crippen LogP contribution is 2.25. The van der Waals surface area contributed by atoms with Crippen LogP contribution in [0, 0.1) is 10.1 Å². The minimum absolute atomic E-state index is 0.0500. The molecule has 1 aromatic heterocycles. The Hall–Kier alpha value is -4.20. The van der Waals surface area contributed by atoms with E-state index in [1.807, 2.05) is 6.07 Å². The molecule has 0 bridgehead atoms. The minimum Gasteiger partial charge on any atom is -0.450 e. The van der Waals surface area contributed by atoms with Gasteiger partial charge in [0.1, 0.15) is 5.76 Å². The Morgan fingerprint density at radius 3 is 2.40 bits per heavy atom. The lowest BCUT2D eigenvalue weighted by Crippen LogP contribution is -2.34. The van der Waals surface area contributed by atoms with Crippen LogP contribution in [0.3, 0.4) is 0 Å². The quantitative estimate of drug-likeness (QED) is 0.240. The van der Waals surface area contributed by atoms with Gasteiger partial charge < -0.3 is 14.1 Å². The molecule has 0 atom stereocenters. The summed E-state index contributed by atoms with van der Waals surface area (Å²) in [6, 6.07) is 17.7. The summed E-state index contributed by atoms with van der Waals surface area (Å²) >= 11 is 0. The maximum atomic E-state index is 12.5. The lowest BCUT2D eigenvalue weighted by Gasteiger charge is -2.20. The molecule has 30 heavy (non-hydrogen) atoms. The van der Waals surface area contributed by atoms with Crippen molar-refractivity contribution in [2.45, 2.75) is 0 Å². The van der Waals surface area contributed by atoms with Crippen LogP contribution in [-0.4, -0.2) is 30.0 Å². The lowest BCUT2D eigenvalue weighted by atomic mass is 10.1. The molecule has 0 unspecified atom stereocenters. The van der Waals surface area contributed by atoms with Gasteiger partial charge in [0.2, 0.25) is 5.76 Å². The molecule has 8 nitrogen and oxygen atoms in total. The maximum Gasteiger partial charge on any atom is 0.374 e. The van der Waals surface area contributed by atoms with Crippen LogP contribution >= 0.6 is 0 Å². The number of non-ortho nitro benzene ring substituents is 1. The molecule has 1 heterocycles. The van der Waals surface area contributed by atoms with E-state index in [-0.39, 0.29) is 18.0 Å². The van der Waals surface area contributed by atoms with Gasteiger partial charge in [0.05, 0.1) is 4.92 Å². The summed E-state index contributed by atoms with van der Waals surface area (Å²) in [5, 5.41) is 10.7. The largest absolute Gasteiger partial charge is 0.450 e. The SMILES string of the molecule is C=CCN(C(=O)COC(=O)c1ccc(-c2ccc([N+](=O)[O-])cc2)o1)c1ccccc1. The molecule has 3 aromatic rings. The number of rotatable bonds is 8. The van der Waals surface area contributed by atoms with Gasteiger partial charge in [0, 0.05) is 29.9 Å². The van der Waals surface area contributed by atoms with Gasteiger partial charge in [-0.2, -0.15) is 0 Å². The van der Waals surface area contributed by atoms with Gasteiger partial charge in [-0.25, -0.2) is 4.79 Å². The number of para-hydroxylation sites is 1. The van der Waals surface area contributed by atoms with Crippen LogP contribution in [0.5, 0.6) is 0 Å². The Labute approximate surface area is 172 Å². The number of ether oxygens (including phenoxy) is 1. The Morgan fingerprint density at radius 1 is 1.07 bits per heavy atom. The average molecular weight is 406 g/mol. The van der Waals surface area contributed by atoms with Crippen molar-refractivity contribution >= 4 is 23.3 Å². The monoisotopic (exact) mass is 406 g/mol. The van der Waals surface area contributed by atoms with Crippen LogP contribution in [0.15, 0.2) is 83.8 Å². The van der Waals surface area contributed by atoms with Crippen molar-refractivity contribution in [1.82, 2.24) is 0 Å². The number of esters is 1. The van der Waals surface area contributed by atoms with Gasteiger partial charge in [-0.05, 0) is 36.4 Å². The molecule has 0 radical (unpaired) electrons. The third kappa shape index (κ3) is 4.79. The van der Waals surface area contributed by atoms with Crippen molar-refractivity contribution in [2.24, 2.45) is 0 Å². The summed E-state index contributed by atoms with van der Waals surface area (Å²) in [6.07, 6.45) is 1.58. The molecule has 152 valence electrons. The van der Waals surface area contributed by atoms with E-state index in [0.29, 0.717) is 17.0 Å². The van der Waals surface area contributed by atoms with Crippen LogP contribution in [0.4, 0.5) is 11.4 Å². The van der Waals surface area contributed by atoms with Gasteiger partial charge in [-0.15, -0.1) is 6.58 Å². The predicted molar refractivity (Wildman–Crippen MR) is 110 cm³/mol. The smallest absolute Gasteiger partial charge is 0.374 e. The summed E-state index contributed by atoms with van der Waals surface area (Å²) in [4.78, 5) is 36.4. The molecule has 0 aliphatic heterocycles. The van der Waals surface area contributed by atoms with E-state index in [9.17, 15) is 19.7 Å². The number of hydrogen-bond acceptors (Lipinski definition) is 6. The minimum atomic E-state index is -0.789. The van der Waals surface area contributed by atoms with E-state index < -0.39 is 23.4 Å². The lowest BCUT2D eigenvalue weighted by molar-refractivity contribution is -0.384. The number of carbonyl (C=O) groups excluding carboxylic acids is 2. The van der Waals surface area contributed by atoms with Gasteiger partial charge in [0.15, 0.2) is 6.61 Å². The topological polar surface area (TPSA) is 103 Å². The van der Waals surface area contributed by atoms with Crippen LogP contribution in [-0.2, 0) is 9.53 Å². The molecule has 3 rings (SSSR count). The van der Waals surface area contributed by atoms with E-state index in [4.69, 9.17) is 9.15 Å². The highest BCUT2D eigenvalue weighted by molar-refractivity contribution is 5.96. The van der Waals surface area contributed by atoms with Gasteiger partial charge in [0.25, 0.3) is 11.6 Å². The number of anilines is 1. The van der Waals surface area contributed by atoms with E-state index in [1.165, 1.54) is 35.2 Å².